The minimum Gasteiger partial charge on any atom is -0.479 e. The molecule has 4 rings (SSSR count). The smallest absolute Gasteiger partial charge is 0.395 e. The second kappa shape index (κ2) is 8.43. The molecule has 1 saturated heterocycles. The third-order valence-electron chi connectivity index (χ3n) is 6.87. The van der Waals surface area contributed by atoms with Crippen LogP contribution in [0, 0.1) is 11.3 Å². The van der Waals surface area contributed by atoms with E-state index in [1.54, 1.807) is 12.2 Å². The van der Waals surface area contributed by atoms with Gasteiger partial charge in [0.2, 0.25) is 5.60 Å². The van der Waals surface area contributed by atoms with Crippen molar-refractivity contribution >= 4 is 5.97 Å². The minimum atomic E-state index is -4.13. The number of piperidine rings is 1. The van der Waals surface area contributed by atoms with Crippen LogP contribution in [-0.4, -0.2) is 54.0 Å². The van der Waals surface area contributed by atoms with Crippen molar-refractivity contribution in [3.05, 3.63) is 60.2 Å². The number of likely N-dealkylation sites (tertiary alicyclic amines) is 1. The van der Waals surface area contributed by atoms with Crippen LogP contribution in [0.1, 0.15) is 37.2 Å². The molecule has 0 unspecified atom stereocenters. The molecule has 4 nitrogen and oxygen atoms in total. The molecule has 1 aromatic rings. The van der Waals surface area contributed by atoms with Crippen LogP contribution in [0.3, 0.4) is 0 Å². The number of carboxylic acid groups (broad SMARTS) is 1. The summed E-state index contributed by atoms with van der Waals surface area (Å²) in [7, 11) is 0. The van der Waals surface area contributed by atoms with Crippen LogP contribution in [0.5, 0.6) is 0 Å². The predicted octanol–water partition coefficient (Wildman–Crippen LogP) is 4.79. The summed E-state index contributed by atoms with van der Waals surface area (Å²) in [5.41, 5.74) is -1.92. The molecular weight excluding hydrogens is 407 g/mol. The van der Waals surface area contributed by atoms with E-state index in [9.17, 15) is 23.1 Å². The van der Waals surface area contributed by atoms with Crippen LogP contribution in [0.25, 0.3) is 0 Å². The van der Waals surface area contributed by atoms with Crippen molar-refractivity contribution in [2.24, 2.45) is 11.3 Å². The van der Waals surface area contributed by atoms with Gasteiger partial charge in [-0.2, -0.15) is 13.2 Å². The van der Waals surface area contributed by atoms with Crippen molar-refractivity contribution in [1.29, 1.82) is 0 Å². The van der Waals surface area contributed by atoms with E-state index in [2.05, 4.69) is 0 Å². The first-order valence-corrected chi connectivity index (χ1v) is 10.8. The number of carboxylic acids is 1. The van der Waals surface area contributed by atoms with E-state index >= 15 is 0 Å². The van der Waals surface area contributed by atoms with Crippen molar-refractivity contribution in [1.82, 2.24) is 4.90 Å². The molecule has 0 radical (unpaired) electrons. The molecule has 1 N–H and O–H groups in total. The average molecular weight is 435 g/mol. The molecule has 0 aromatic heterocycles. The average Bonchev–Trinajstić information content (AvgIpc) is 3.55. The zero-order chi connectivity index (χ0) is 22.1. The number of nitrogens with zero attached hydrogens (tertiary/aromatic N) is 1. The number of alkyl halides is 3. The number of allylic oxidation sites excluding steroid dienone is 2. The van der Waals surface area contributed by atoms with Crippen LogP contribution in [0.2, 0.25) is 0 Å². The Kier molecular flexibility index (Phi) is 6.01. The first-order valence-electron chi connectivity index (χ1n) is 10.8. The monoisotopic (exact) mass is 435 g/mol. The molecule has 2 aliphatic carbocycles. The lowest BCUT2D eigenvalue weighted by Crippen LogP contribution is -2.44. The lowest BCUT2D eigenvalue weighted by Gasteiger charge is -2.36. The van der Waals surface area contributed by atoms with Crippen molar-refractivity contribution in [2.45, 2.75) is 43.4 Å². The number of hydrogen-bond donors (Lipinski definition) is 1. The highest BCUT2D eigenvalue weighted by Crippen LogP contribution is 2.58. The van der Waals surface area contributed by atoms with Gasteiger partial charge < -0.3 is 14.7 Å². The minimum absolute atomic E-state index is 0.00360. The van der Waals surface area contributed by atoms with Gasteiger partial charge in [-0.15, -0.1) is 0 Å². The van der Waals surface area contributed by atoms with Gasteiger partial charge >= 0.3 is 12.1 Å². The van der Waals surface area contributed by atoms with E-state index in [0.717, 1.165) is 5.56 Å². The number of ether oxygens (including phenoxy) is 1. The van der Waals surface area contributed by atoms with Gasteiger partial charge in [0, 0.05) is 12.5 Å². The maximum absolute atomic E-state index is 13.2. The Balaban J connectivity index is 1.29. The second-order valence-electron chi connectivity index (χ2n) is 9.06. The van der Waals surface area contributed by atoms with E-state index in [0.29, 0.717) is 25.9 Å². The standard InChI is InChI=1S/C24H28F3NO3/c25-24(26,27)22(12-13-22)17-28-14-8-18(9-15-28)16-31-23(21(29)30)10-6-20(7-11-23)19-4-2-1-3-5-19/h1-7,10-11,18,20H,8-9,12-17H2,(H,29,30). The van der Waals surface area contributed by atoms with Crippen LogP contribution in [-0.2, 0) is 9.53 Å². The maximum atomic E-state index is 13.2. The molecule has 1 aliphatic heterocycles. The Labute approximate surface area is 180 Å². The van der Waals surface area contributed by atoms with E-state index in [1.807, 2.05) is 47.4 Å². The summed E-state index contributed by atoms with van der Waals surface area (Å²) in [5.74, 6) is -0.921. The van der Waals surface area contributed by atoms with Gasteiger partial charge in [-0.3, -0.25) is 0 Å². The normalized spacial score (nSPS) is 28.5. The molecule has 1 saturated carbocycles. The molecule has 0 bridgehead atoms. The van der Waals surface area contributed by atoms with Crippen LogP contribution < -0.4 is 0 Å². The van der Waals surface area contributed by atoms with Crippen LogP contribution >= 0.6 is 0 Å². The summed E-state index contributed by atoms with van der Waals surface area (Å²) in [6, 6.07) is 9.80. The molecule has 0 spiro atoms. The Morgan fingerprint density at radius 3 is 2.23 bits per heavy atom. The molecule has 168 valence electrons. The summed E-state index contributed by atoms with van der Waals surface area (Å²) >= 11 is 0. The second-order valence-corrected chi connectivity index (χ2v) is 9.06. The maximum Gasteiger partial charge on any atom is 0.395 e. The molecule has 31 heavy (non-hydrogen) atoms. The van der Waals surface area contributed by atoms with Crippen molar-refractivity contribution in [2.75, 3.05) is 26.2 Å². The quantitative estimate of drug-likeness (QED) is 0.626. The molecule has 0 atom stereocenters. The van der Waals surface area contributed by atoms with Crippen molar-refractivity contribution in [3.8, 4) is 0 Å². The van der Waals surface area contributed by atoms with Crippen LogP contribution in [0.4, 0.5) is 13.2 Å². The predicted molar refractivity (Wildman–Crippen MR) is 111 cm³/mol. The first-order chi connectivity index (χ1) is 14.7. The molecule has 1 heterocycles. The topological polar surface area (TPSA) is 49.8 Å². The molecule has 0 amide bonds. The van der Waals surface area contributed by atoms with Gasteiger partial charge in [0.1, 0.15) is 0 Å². The highest BCUT2D eigenvalue weighted by Gasteiger charge is 2.63. The lowest BCUT2D eigenvalue weighted by molar-refractivity contribution is -0.192. The van der Waals surface area contributed by atoms with Gasteiger partial charge in [0.05, 0.1) is 12.0 Å². The third-order valence-corrected chi connectivity index (χ3v) is 6.87. The van der Waals surface area contributed by atoms with E-state index in [1.165, 1.54) is 0 Å². The largest absolute Gasteiger partial charge is 0.479 e. The SMILES string of the molecule is O=C(O)C1(OCC2CCN(CC3(C(F)(F)F)CC3)CC2)C=CC(c2ccccc2)C=C1. The summed E-state index contributed by atoms with van der Waals surface area (Å²) in [4.78, 5) is 13.9. The van der Waals surface area contributed by atoms with E-state index < -0.39 is 23.2 Å². The Morgan fingerprint density at radius 2 is 1.71 bits per heavy atom. The fraction of sp³-hybridized carbons (Fsp3) is 0.542. The number of halogens is 3. The van der Waals surface area contributed by atoms with Gasteiger partial charge in [-0.1, -0.05) is 42.5 Å². The van der Waals surface area contributed by atoms with Crippen LogP contribution in [0.15, 0.2) is 54.6 Å². The van der Waals surface area contributed by atoms with Gasteiger partial charge in [-0.25, -0.2) is 4.79 Å². The van der Waals surface area contributed by atoms with Gasteiger partial charge in [0.15, 0.2) is 0 Å². The Morgan fingerprint density at radius 1 is 1.10 bits per heavy atom. The number of carbonyl (C=O) groups is 1. The number of hydrogen-bond acceptors (Lipinski definition) is 3. The molecular formula is C24H28F3NO3. The third kappa shape index (κ3) is 4.72. The highest BCUT2D eigenvalue weighted by atomic mass is 19.4. The van der Waals surface area contributed by atoms with Gasteiger partial charge in [0.25, 0.3) is 0 Å². The van der Waals surface area contributed by atoms with E-state index in [-0.39, 0.29) is 37.8 Å². The molecule has 2 fully saturated rings. The fourth-order valence-electron chi connectivity index (χ4n) is 4.49. The Bertz CT molecular complexity index is 823. The summed E-state index contributed by atoms with van der Waals surface area (Å²) < 4.78 is 45.5. The number of rotatable bonds is 7. The molecule has 3 aliphatic rings. The summed E-state index contributed by atoms with van der Waals surface area (Å²) in [5, 5.41) is 9.79. The summed E-state index contributed by atoms with van der Waals surface area (Å²) in [6.45, 7) is 1.53. The fourth-order valence-corrected chi connectivity index (χ4v) is 4.49. The van der Waals surface area contributed by atoms with E-state index in [4.69, 9.17) is 4.74 Å². The zero-order valence-electron chi connectivity index (χ0n) is 17.4. The highest BCUT2D eigenvalue weighted by molar-refractivity contribution is 5.83. The molecule has 1 aromatic carbocycles. The lowest BCUT2D eigenvalue weighted by atomic mass is 9.88. The van der Waals surface area contributed by atoms with Crippen molar-refractivity contribution < 1.29 is 27.8 Å². The van der Waals surface area contributed by atoms with Crippen molar-refractivity contribution in [3.63, 3.8) is 0 Å². The van der Waals surface area contributed by atoms with Gasteiger partial charge in [-0.05, 0) is 62.4 Å². The number of benzene rings is 1. The zero-order valence-corrected chi connectivity index (χ0v) is 17.4. The first kappa shape index (κ1) is 22.1. The Hall–Kier alpha value is -2.12. The molecule has 7 heteroatoms. The summed E-state index contributed by atoms with van der Waals surface area (Å²) in [6.07, 6.45) is 4.64. The number of aliphatic carboxylic acids is 1.